The lowest BCUT2D eigenvalue weighted by atomic mass is 10.4. The second-order valence-electron chi connectivity index (χ2n) is 2.34. The molecule has 0 radical (unpaired) electrons. The van der Waals surface area contributed by atoms with Crippen LogP contribution in [0.25, 0.3) is 0 Å². The van der Waals surface area contributed by atoms with E-state index in [1.165, 1.54) is 0 Å². The SMILES string of the molecule is C=CCOCC(O)COCCN. The average molecular weight is 175 g/mol. The first kappa shape index (κ1) is 11.6. The fourth-order valence-corrected chi connectivity index (χ4v) is 0.638. The van der Waals surface area contributed by atoms with Gasteiger partial charge in [-0.05, 0) is 0 Å². The van der Waals surface area contributed by atoms with Crippen molar-refractivity contribution in [1.82, 2.24) is 0 Å². The van der Waals surface area contributed by atoms with Gasteiger partial charge in [0, 0.05) is 6.54 Å². The molecule has 0 saturated carbocycles. The molecule has 4 nitrogen and oxygen atoms in total. The van der Waals surface area contributed by atoms with E-state index >= 15 is 0 Å². The quantitative estimate of drug-likeness (QED) is 0.386. The number of hydrogen-bond acceptors (Lipinski definition) is 4. The number of ether oxygens (including phenoxy) is 2. The van der Waals surface area contributed by atoms with E-state index < -0.39 is 6.10 Å². The summed E-state index contributed by atoms with van der Waals surface area (Å²) in [5, 5.41) is 9.18. The van der Waals surface area contributed by atoms with Crippen LogP contribution in [0, 0.1) is 0 Å². The van der Waals surface area contributed by atoms with E-state index in [-0.39, 0.29) is 13.2 Å². The molecule has 0 amide bonds. The standard InChI is InChI=1S/C8H17NO3/c1-2-4-11-6-8(10)7-12-5-3-9/h2,8,10H,1,3-7,9H2. The lowest BCUT2D eigenvalue weighted by Crippen LogP contribution is -2.23. The number of aliphatic hydroxyl groups is 1. The largest absolute Gasteiger partial charge is 0.388 e. The highest BCUT2D eigenvalue weighted by molar-refractivity contribution is 4.64. The minimum Gasteiger partial charge on any atom is -0.388 e. The Kier molecular flexibility index (Phi) is 8.37. The van der Waals surface area contributed by atoms with Gasteiger partial charge in [-0.25, -0.2) is 0 Å². The Morgan fingerprint density at radius 1 is 1.42 bits per heavy atom. The Balaban J connectivity index is 3.09. The van der Waals surface area contributed by atoms with Crippen LogP contribution in [0.3, 0.4) is 0 Å². The van der Waals surface area contributed by atoms with Gasteiger partial charge in [0.1, 0.15) is 6.10 Å². The summed E-state index contributed by atoms with van der Waals surface area (Å²) in [6, 6.07) is 0. The van der Waals surface area contributed by atoms with Crippen molar-refractivity contribution in [1.29, 1.82) is 0 Å². The maximum atomic E-state index is 9.18. The Bertz CT molecular complexity index is 108. The predicted octanol–water partition coefficient (Wildman–Crippen LogP) is -0.475. The number of hydrogen-bond donors (Lipinski definition) is 2. The highest BCUT2D eigenvalue weighted by Gasteiger charge is 2.02. The molecule has 0 aliphatic carbocycles. The van der Waals surface area contributed by atoms with Crippen molar-refractivity contribution in [2.45, 2.75) is 6.10 Å². The van der Waals surface area contributed by atoms with E-state index in [4.69, 9.17) is 15.2 Å². The summed E-state index contributed by atoms with van der Waals surface area (Å²) in [4.78, 5) is 0. The van der Waals surface area contributed by atoms with Crippen molar-refractivity contribution in [3.63, 3.8) is 0 Å². The van der Waals surface area contributed by atoms with Gasteiger partial charge in [-0.3, -0.25) is 0 Å². The molecule has 0 rings (SSSR count). The molecule has 0 aromatic heterocycles. The van der Waals surface area contributed by atoms with Crippen LogP contribution in [0.15, 0.2) is 12.7 Å². The molecule has 3 N–H and O–H groups in total. The lowest BCUT2D eigenvalue weighted by molar-refractivity contribution is -0.0111. The Hall–Kier alpha value is -0.420. The molecule has 1 unspecified atom stereocenters. The number of nitrogens with two attached hydrogens (primary N) is 1. The minimum atomic E-state index is -0.573. The molecule has 0 saturated heterocycles. The molecule has 0 spiro atoms. The maximum Gasteiger partial charge on any atom is 0.101 e. The van der Waals surface area contributed by atoms with E-state index in [1.54, 1.807) is 6.08 Å². The molecule has 4 heteroatoms. The summed E-state index contributed by atoms with van der Waals surface area (Å²) in [5.41, 5.74) is 5.19. The van der Waals surface area contributed by atoms with Crippen LogP contribution < -0.4 is 5.73 Å². The van der Waals surface area contributed by atoms with Gasteiger partial charge in [-0.1, -0.05) is 6.08 Å². The first-order valence-corrected chi connectivity index (χ1v) is 3.95. The Morgan fingerprint density at radius 2 is 2.08 bits per heavy atom. The Morgan fingerprint density at radius 3 is 2.67 bits per heavy atom. The highest BCUT2D eigenvalue weighted by Crippen LogP contribution is 1.87. The monoisotopic (exact) mass is 175 g/mol. The molecule has 12 heavy (non-hydrogen) atoms. The summed E-state index contributed by atoms with van der Waals surface area (Å²) >= 11 is 0. The van der Waals surface area contributed by atoms with Crippen LogP contribution in [-0.2, 0) is 9.47 Å². The first-order chi connectivity index (χ1) is 5.81. The molecular formula is C8H17NO3. The van der Waals surface area contributed by atoms with Crippen LogP contribution in [0.1, 0.15) is 0 Å². The van der Waals surface area contributed by atoms with Crippen LogP contribution in [0.2, 0.25) is 0 Å². The van der Waals surface area contributed by atoms with Crippen LogP contribution >= 0.6 is 0 Å². The maximum absolute atomic E-state index is 9.18. The summed E-state index contributed by atoms with van der Waals surface area (Å²) in [7, 11) is 0. The summed E-state index contributed by atoms with van der Waals surface area (Å²) in [6.07, 6.45) is 1.06. The molecule has 0 heterocycles. The molecule has 0 fully saturated rings. The molecule has 0 aliphatic rings. The van der Waals surface area contributed by atoms with E-state index in [0.29, 0.717) is 19.8 Å². The van der Waals surface area contributed by atoms with Crippen molar-refractivity contribution in [3.8, 4) is 0 Å². The number of aliphatic hydroxyl groups excluding tert-OH is 1. The van der Waals surface area contributed by atoms with E-state index in [9.17, 15) is 5.11 Å². The topological polar surface area (TPSA) is 64.7 Å². The van der Waals surface area contributed by atoms with Gasteiger partial charge in [-0.15, -0.1) is 6.58 Å². The summed E-state index contributed by atoms with van der Waals surface area (Å²) in [5.74, 6) is 0. The van der Waals surface area contributed by atoms with Crippen LogP contribution in [-0.4, -0.2) is 44.2 Å². The van der Waals surface area contributed by atoms with Gasteiger partial charge in [-0.2, -0.15) is 0 Å². The molecule has 0 bridgehead atoms. The van der Waals surface area contributed by atoms with Crippen LogP contribution in [0.4, 0.5) is 0 Å². The average Bonchev–Trinajstić information content (AvgIpc) is 2.06. The third-order valence-electron chi connectivity index (χ3n) is 1.12. The van der Waals surface area contributed by atoms with Crippen molar-refractivity contribution >= 4 is 0 Å². The molecule has 72 valence electrons. The molecule has 0 aromatic carbocycles. The van der Waals surface area contributed by atoms with E-state index in [2.05, 4.69) is 6.58 Å². The second kappa shape index (κ2) is 8.67. The van der Waals surface area contributed by atoms with E-state index in [1.807, 2.05) is 0 Å². The number of rotatable bonds is 8. The smallest absolute Gasteiger partial charge is 0.101 e. The highest BCUT2D eigenvalue weighted by atomic mass is 16.5. The van der Waals surface area contributed by atoms with Crippen molar-refractivity contribution in [2.24, 2.45) is 5.73 Å². The summed E-state index contributed by atoms with van der Waals surface area (Å²) < 4.78 is 9.99. The molecule has 0 aromatic rings. The Labute approximate surface area is 73.0 Å². The fraction of sp³-hybridized carbons (Fsp3) is 0.750. The van der Waals surface area contributed by atoms with E-state index in [0.717, 1.165) is 0 Å². The zero-order chi connectivity index (χ0) is 9.23. The van der Waals surface area contributed by atoms with Crippen molar-refractivity contribution < 1.29 is 14.6 Å². The molecule has 0 aliphatic heterocycles. The molecular weight excluding hydrogens is 158 g/mol. The predicted molar refractivity (Wildman–Crippen MR) is 46.9 cm³/mol. The first-order valence-electron chi connectivity index (χ1n) is 3.95. The van der Waals surface area contributed by atoms with Crippen molar-refractivity contribution in [3.05, 3.63) is 12.7 Å². The van der Waals surface area contributed by atoms with Crippen LogP contribution in [0.5, 0.6) is 0 Å². The zero-order valence-corrected chi connectivity index (χ0v) is 7.24. The minimum absolute atomic E-state index is 0.272. The summed E-state index contributed by atoms with van der Waals surface area (Å²) in [6.45, 7) is 5.42. The molecule has 1 atom stereocenters. The zero-order valence-electron chi connectivity index (χ0n) is 7.24. The third-order valence-corrected chi connectivity index (χ3v) is 1.12. The fourth-order valence-electron chi connectivity index (χ4n) is 0.638. The normalized spacial score (nSPS) is 12.8. The van der Waals surface area contributed by atoms with Crippen molar-refractivity contribution in [2.75, 3.05) is 33.0 Å². The van der Waals surface area contributed by atoms with Gasteiger partial charge < -0.3 is 20.3 Å². The van der Waals surface area contributed by atoms with Gasteiger partial charge >= 0.3 is 0 Å². The van der Waals surface area contributed by atoms with Gasteiger partial charge in [0.2, 0.25) is 0 Å². The van der Waals surface area contributed by atoms with Gasteiger partial charge in [0.25, 0.3) is 0 Å². The van der Waals surface area contributed by atoms with Gasteiger partial charge in [0.15, 0.2) is 0 Å². The third kappa shape index (κ3) is 7.68. The second-order valence-corrected chi connectivity index (χ2v) is 2.34. The van der Waals surface area contributed by atoms with Gasteiger partial charge in [0.05, 0.1) is 26.4 Å². The lowest BCUT2D eigenvalue weighted by Gasteiger charge is -2.10.